The van der Waals surface area contributed by atoms with Crippen molar-refractivity contribution >= 4 is 22.9 Å². The lowest BCUT2D eigenvalue weighted by molar-refractivity contribution is 0.283. The van der Waals surface area contributed by atoms with Crippen LogP contribution in [0.5, 0.6) is 5.75 Å². The molecule has 112 valence electrons. The zero-order valence-electron chi connectivity index (χ0n) is 12.2. The molecule has 1 aliphatic rings. The van der Waals surface area contributed by atoms with E-state index in [0.717, 1.165) is 43.2 Å². The van der Waals surface area contributed by atoms with Gasteiger partial charge in [-0.15, -0.1) is 11.3 Å². The average molecular weight is 322 g/mol. The van der Waals surface area contributed by atoms with Gasteiger partial charge in [0.05, 0.1) is 17.7 Å². The molecule has 0 fully saturated rings. The Hall–Kier alpha value is -1.03. The number of thiophene rings is 1. The molecule has 2 nitrogen and oxygen atoms in total. The summed E-state index contributed by atoms with van der Waals surface area (Å²) in [6.45, 7) is 3.95. The van der Waals surface area contributed by atoms with Crippen molar-refractivity contribution in [1.82, 2.24) is 5.32 Å². The van der Waals surface area contributed by atoms with Crippen LogP contribution < -0.4 is 10.1 Å². The molecular weight excluding hydrogens is 302 g/mol. The van der Waals surface area contributed by atoms with Gasteiger partial charge < -0.3 is 10.1 Å². The molecule has 0 amide bonds. The SMILES string of the molecule is CCCNC(c1cccc2c1OCCC2)c1sccc1Cl. The first-order valence-corrected chi connectivity index (χ1v) is 8.78. The van der Waals surface area contributed by atoms with E-state index in [2.05, 4.69) is 35.8 Å². The number of ether oxygens (including phenoxy) is 1. The zero-order valence-corrected chi connectivity index (χ0v) is 13.8. The summed E-state index contributed by atoms with van der Waals surface area (Å²) in [4.78, 5) is 1.17. The second-order valence-electron chi connectivity index (χ2n) is 5.31. The normalized spacial score (nSPS) is 15.3. The number of para-hydroxylation sites is 1. The van der Waals surface area contributed by atoms with E-state index in [-0.39, 0.29) is 6.04 Å². The van der Waals surface area contributed by atoms with Gasteiger partial charge in [0.2, 0.25) is 0 Å². The Balaban J connectivity index is 2.02. The van der Waals surface area contributed by atoms with Crippen molar-refractivity contribution < 1.29 is 4.74 Å². The van der Waals surface area contributed by atoms with E-state index in [1.807, 2.05) is 6.07 Å². The van der Waals surface area contributed by atoms with Gasteiger partial charge in [0, 0.05) is 10.4 Å². The van der Waals surface area contributed by atoms with Crippen molar-refractivity contribution in [1.29, 1.82) is 0 Å². The highest BCUT2D eigenvalue weighted by molar-refractivity contribution is 7.10. The standard InChI is InChI=1S/C17H20ClNOS/c1-2-9-19-15(17-14(18)8-11-21-17)13-7-3-5-12-6-4-10-20-16(12)13/h3,5,7-8,11,15,19H,2,4,6,9-10H2,1H3. The quantitative estimate of drug-likeness (QED) is 0.852. The molecule has 0 spiro atoms. The van der Waals surface area contributed by atoms with Gasteiger partial charge in [0.15, 0.2) is 0 Å². The number of hydrogen-bond donors (Lipinski definition) is 1. The van der Waals surface area contributed by atoms with Gasteiger partial charge >= 0.3 is 0 Å². The van der Waals surface area contributed by atoms with E-state index >= 15 is 0 Å². The number of hydrogen-bond acceptors (Lipinski definition) is 3. The first-order valence-electron chi connectivity index (χ1n) is 7.52. The summed E-state index contributed by atoms with van der Waals surface area (Å²) in [6.07, 6.45) is 3.29. The minimum atomic E-state index is 0.116. The molecular formula is C17H20ClNOS. The number of fused-ring (bicyclic) bond motifs is 1. The minimum absolute atomic E-state index is 0.116. The van der Waals surface area contributed by atoms with Gasteiger partial charge in [-0.1, -0.05) is 36.7 Å². The summed E-state index contributed by atoms with van der Waals surface area (Å²) in [5, 5.41) is 6.51. The predicted molar refractivity (Wildman–Crippen MR) is 89.7 cm³/mol. The van der Waals surface area contributed by atoms with Crippen LogP contribution in [0.25, 0.3) is 0 Å². The van der Waals surface area contributed by atoms with E-state index in [1.165, 1.54) is 16.0 Å². The van der Waals surface area contributed by atoms with Crippen LogP contribution in [-0.2, 0) is 6.42 Å². The van der Waals surface area contributed by atoms with Crippen LogP contribution in [0.15, 0.2) is 29.6 Å². The Bertz CT molecular complexity index is 611. The maximum absolute atomic E-state index is 6.38. The lowest BCUT2D eigenvalue weighted by Gasteiger charge is -2.25. The number of aryl methyl sites for hydroxylation is 1. The number of benzene rings is 1. The largest absolute Gasteiger partial charge is 0.493 e. The van der Waals surface area contributed by atoms with E-state index in [0.29, 0.717) is 0 Å². The Morgan fingerprint density at radius 3 is 3.05 bits per heavy atom. The molecule has 1 atom stereocenters. The first-order chi connectivity index (χ1) is 10.3. The predicted octanol–water partition coefficient (Wildman–Crippen LogP) is 4.82. The molecule has 0 saturated heterocycles. The summed E-state index contributed by atoms with van der Waals surface area (Å²) in [5.74, 6) is 1.06. The average Bonchev–Trinajstić information content (AvgIpc) is 2.94. The molecule has 0 saturated carbocycles. The maximum Gasteiger partial charge on any atom is 0.127 e. The van der Waals surface area contributed by atoms with Crippen LogP contribution in [0, 0.1) is 0 Å². The molecule has 1 aliphatic heterocycles. The third-order valence-electron chi connectivity index (χ3n) is 3.78. The zero-order chi connectivity index (χ0) is 14.7. The van der Waals surface area contributed by atoms with Crippen molar-refractivity contribution in [2.24, 2.45) is 0 Å². The van der Waals surface area contributed by atoms with Gasteiger partial charge in [-0.2, -0.15) is 0 Å². The van der Waals surface area contributed by atoms with Crippen LogP contribution in [0.1, 0.15) is 41.8 Å². The molecule has 4 heteroatoms. The highest BCUT2D eigenvalue weighted by Gasteiger charge is 2.24. The molecule has 2 aromatic rings. The highest BCUT2D eigenvalue weighted by atomic mass is 35.5. The molecule has 0 bridgehead atoms. The summed E-state index contributed by atoms with van der Waals surface area (Å²) in [7, 11) is 0. The van der Waals surface area contributed by atoms with Crippen LogP contribution in [0.2, 0.25) is 5.02 Å². The second kappa shape index (κ2) is 6.82. The van der Waals surface area contributed by atoms with Gasteiger partial charge in [-0.05, 0) is 42.8 Å². The Morgan fingerprint density at radius 2 is 2.29 bits per heavy atom. The van der Waals surface area contributed by atoms with E-state index in [1.54, 1.807) is 11.3 Å². The van der Waals surface area contributed by atoms with E-state index in [9.17, 15) is 0 Å². The number of nitrogens with one attached hydrogen (secondary N) is 1. The van der Waals surface area contributed by atoms with E-state index in [4.69, 9.17) is 16.3 Å². The third-order valence-corrected chi connectivity index (χ3v) is 5.20. The van der Waals surface area contributed by atoms with Crippen molar-refractivity contribution in [3.63, 3.8) is 0 Å². The maximum atomic E-state index is 6.38. The van der Waals surface area contributed by atoms with Gasteiger partial charge in [0.25, 0.3) is 0 Å². The fraction of sp³-hybridized carbons (Fsp3) is 0.412. The third kappa shape index (κ3) is 3.10. The van der Waals surface area contributed by atoms with Crippen LogP contribution in [0.4, 0.5) is 0 Å². The summed E-state index contributed by atoms with van der Waals surface area (Å²) >= 11 is 8.08. The van der Waals surface area contributed by atoms with E-state index < -0.39 is 0 Å². The monoisotopic (exact) mass is 321 g/mol. The van der Waals surface area contributed by atoms with Gasteiger partial charge in [-0.3, -0.25) is 0 Å². The van der Waals surface area contributed by atoms with Crippen LogP contribution in [-0.4, -0.2) is 13.2 Å². The van der Waals surface area contributed by atoms with Crippen molar-refractivity contribution in [2.45, 2.75) is 32.2 Å². The molecule has 21 heavy (non-hydrogen) atoms. The Labute approximate surface area is 135 Å². The van der Waals surface area contributed by atoms with Crippen LogP contribution >= 0.6 is 22.9 Å². The van der Waals surface area contributed by atoms with Crippen LogP contribution in [0.3, 0.4) is 0 Å². The Kier molecular flexibility index (Phi) is 4.84. The molecule has 1 unspecified atom stereocenters. The fourth-order valence-corrected chi connectivity index (χ4v) is 4.04. The van der Waals surface area contributed by atoms with Crippen molar-refractivity contribution in [3.8, 4) is 5.75 Å². The minimum Gasteiger partial charge on any atom is -0.493 e. The molecule has 1 aromatic carbocycles. The van der Waals surface area contributed by atoms with Gasteiger partial charge in [-0.25, -0.2) is 0 Å². The number of rotatable bonds is 5. The lowest BCUT2D eigenvalue weighted by Crippen LogP contribution is -2.24. The molecule has 0 radical (unpaired) electrons. The molecule has 2 heterocycles. The summed E-state index contributed by atoms with van der Waals surface area (Å²) in [6, 6.07) is 8.55. The smallest absolute Gasteiger partial charge is 0.127 e. The molecule has 3 rings (SSSR count). The Morgan fingerprint density at radius 1 is 1.38 bits per heavy atom. The first kappa shape index (κ1) is 14.9. The highest BCUT2D eigenvalue weighted by Crippen LogP contribution is 2.39. The topological polar surface area (TPSA) is 21.3 Å². The molecule has 0 aliphatic carbocycles. The summed E-state index contributed by atoms with van der Waals surface area (Å²) < 4.78 is 5.97. The second-order valence-corrected chi connectivity index (χ2v) is 6.66. The van der Waals surface area contributed by atoms with Gasteiger partial charge in [0.1, 0.15) is 5.75 Å². The lowest BCUT2D eigenvalue weighted by atomic mass is 9.97. The van der Waals surface area contributed by atoms with Crippen molar-refractivity contribution in [3.05, 3.63) is 50.7 Å². The van der Waals surface area contributed by atoms with Crippen molar-refractivity contribution in [2.75, 3.05) is 13.2 Å². The molecule has 1 N–H and O–H groups in total. The fourth-order valence-electron chi connectivity index (χ4n) is 2.79. The molecule has 1 aromatic heterocycles. The summed E-state index contributed by atoms with van der Waals surface area (Å²) in [5.41, 5.74) is 2.53. The number of halogens is 1.